The molecule has 3 aromatic rings. The predicted octanol–water partition coefficient (Wildman–Crippen LogP) is 2.50. The van der Waals surface area contributed by atoms with Crippen molar-refractivity contribution in [2.45, 2.75) is 33.6 Å². The number of pyridine rings is 1. The molecule has 0 aromatic carbocycles. The van der Waals surface area contributed by atoms with Gasteiger partial charge in [0.2, 0.25) is 5.91 Å². The third-order valence-corrected chi connectivity index (χ3v) is 4.38. The molecule has 0 aliphatic heterocycles. The SMILES string of the molecule is Cc1nn(C)c(C)c1CCC(=O)Nc1cccnc1-n1ccnc1C. The fraction of sp³-hybridized carbons (Fsp3) is 0.333. The Morgan fingerprint density at radius 1 is 1.20 bits per heavy atom. The van der Waals surface area contributed by atoms with Crippen LogP contribution in [0.5, 0.6) is 0 Å². The Labute approximate surface area is 146 Å². The number of imidazole rings is 1. The summed E-state index contributed by atoms with van der Waals surface area (Å²) in [7, 11) is 1.92. The molecule has 0 aliphatic carbocycles. The van der Waals surface area contributed by atoms with E-state index in [1.807, 2.05) is 49.3 Å². The highest BCUT2D eigenvalue weighted by atomic mass is 16.1. The van der Waals surface area contributed by atoms with Gasteiger partial charge < -0.3 is 5.32 Å². The second-order valence-corrected chi connectivity index (χ2v) is 6.04. The zero-order valence-corrected chi connectivity index (χ0v) is 14.9. The zero-order chi connectivity index (χ0) is 18.0. The smallest absolute Gasteiger partial charge is 0.224 e. The summed E-state index contributed by atoms with van der Waals surface area (Å²) in [6, 6.07) is 3.65. The number of nitrogens with one attached hydrogen (secondary N) is 1. The summed E-state index contributed by atoms with van der Waals surface area (Å²) in [6.45, 7) is 5.89. The number of aromatic nitrogens is 5. The number of carbonyl (C=O) groups is 1. The fourth-order valence-electron chi connectivity index (χ4n) is 2.92. The molecule has 0 unspecified atom stereocenters. The third-order valence-electron chi connectivity index (χ3n) is 4.38. The summed E-state index contributed by atoms with van der Waals surface area (Å²) in [5.41, 5.74) is 3.88. The molecule has 0 bridgehead atoms. The van der Waals surface area contributed by atoms with E-state index in [9.17, 15) is 4.79 Å². The molecule has 1 amide bonds. The van der Waals surface area contributed by atoms with Crippen LogP contribution in [0.15, 0.2) is 30.7 Å². The molecule has 0 fully saturated rings. The molecule has 3 aromatic heterocycles. The monoisotopic (exact) mass is 338 g/mol. The molecule has 3 rings (SSSR count). The predicted molar refractivity (Wildman–Crippen MR) is 95.7 cm³/mol. The molecule has 7 heteroatoms. The molecule has 0 aliphatic rings. The van der Waals surface area contributed by atoms with E-state index in [-0.39, 0.29) is 5.91 Å². The minimum absolute atomic E-state index is 0.0466. The van der Waals surface area contributed by atoms with Gasteiger partial charge in [-0.3, -0.25) is 14.0 Å². The van der Waals surface area contributed by atoms with Gasteiger partial charge in [0.1, 0.15) is 5.82 Å². The molecule has 1 N–H and O–H groups in total. The lowest BCUT2D eigenvalue weighted by atomic mass is 10.1. The number of aryl methyl sites for hydroxylation is 3. The Morgan fingerprint density at radius 2 is 2.00 bits per heavy atom. The van der Waals surface area contributed by atoms with Crippen molar-refractivity contribution in [3.05, 3.63) is 53.5 Å². The van der Waals surface area contributed by atoms with Gasteiger partial charge in [-0.25, -0.2) is 9.97 Å². The van der Waals surface area contributed by atoms with E-state index >= 15 is 0 Å². The van der Waals surface area contributed by atoms with Crippen LogP contribution >= 0.6 is 0 Å². The van der Waals surface area contributed by atoms with E-state index in [0.717, 1.165) is 22.8 Å². The van der Waals surface area contributed by atoms with Crippen LogP contribution in [-0.4, -0.2) is 30.2 Å². The van der Waals surface area contributed by atoms with Gasteiger partial charge in [-0.15, -0.1) is 0 Å². The maximum atomic E-state index is 12.4. The number of amides is 1. The van der Waals surface area contributed by atoms with E-state index in [1.165, 1.54) is 0 Å². The lowest BCUT2D eigenvalue weighted by Gasteiger charge is -2.11. The molecule has 0 spiro atoms. The quantitative estimate of drug-likeness (QED) is 0.775. The highest BCUT2D eigenvalue weighted by Crippen LogP contribution is 2.19. The highest BCUT2D eigenvalue weighted by molar-refractivity contribution is 5.92. The normalized spacial score (nSPS) is 10.9. The lowest BCUT2D eigenvalue weighted by molar-refractivity contribution is -0.116. The Hall–Kier alpha value is -2.96. The van der Waals surface area contributed by atoms with Gasteiger partial charge in [-0.05, 0) is 44.9 Å². The minimum Gasteiger partial charge on any atom is -0.323 e. The number of carbonyl (C=O) groups excluding carboxylic acids is 1. The first-order valence-corrected chi connectivity index (χ1v) is 8.21. The van der Waals surface area contributed by atoms with Crippen LogP contribution in [0.2, 0.25) is 0 Å². The lowest BCUT2D eigenvalue weighted by Crippen LogP contribution is -2.15. The van der Waals surface area contributed by atoms with Gasteiger partial charge in [0.05, 0.1) is 11.4 Å². The van der Waals surface area contributed by atoms with E-state index in [2.05, 4.69) is 20.4 Å². The molecule has 0 radical (unpaired) electrons. The van der Waals surface area contributed by atoms with Gasteiger partial charge in [0.25, 0.3) is 0 Å². The number of nitrogens with zero attached hydrogens (tertiary/aromatic N) is 5. The molecule has 130 valence electrons. The fourth-order valence-corrected chi connectivity index (χ4v) is 2.92. The number of hydrogen-bond acceptors (Lipinski definition) is 4. The first kappa shape index (κ1) is 16.9. The van der Waals surface area contributed by atoms with Gasteiger partial charge in [-0.2, -0.15) is 5.10 Å². The Balaban J connectivity index is 1.73. The zero-order valence-electron chi connectivity index (χ0n) is 14.9. The van der Waals surface area contributed by atoms with Crippen molar-refractivity contribution in [2.75, 3.05) is 5.32 Å². The van der Waals surface area contributed by atoms with E-state index < -0.39 is 0 Å². The number of hydrogen-bond donors (Lipinski definition) is 1. The summed E-state index contributed by atoms with van der Waals surface area (Å²) in [4.78, 5) is 21.0. The van der Waals surface area contributed by atoms with E-state index in [1.54, 1.807) is 18.5 Å². The van der Waals surface area contributed by atoms with Gasteiger partial charge >= 0.3 is 0 Å². The summed E-state index contributed by atoms with van der Waals surface area (Å²) in [5, 5.41) is 7.36. The van der Waals surface area contributed by atoms with Gasteiger partial charge in [-0.1, -0.05) is 0 Å². The van der Waals surface area contributed by atoms with Crippen LogP contribution in [0.4, 0.5) is 5.69 Å². The van der Waals surface area contributed by atoms with E-state index in [0.29, 0.717) is 24.3 Å². The third kappa shape index (κ3) is 3.45. The minimum atomic E-state index is -0.0466. The first-order chi connectivity index (χ1) is 12.0. The van der Waals surface area contributed by atoms with Gasteiger partial charge in [0, 0.05) is 37.8 Å². The number of anilines is 1. The van der Waals surface area contributed by atoms with Crippen LogP contribution in [-0.2, 0) is 18.3 Å². The topological polar surface area (TPSA) is 77.6 Å². The molecule has 25 heavy (non-hydrogen) atoms. The van der Waals surface area contributed by atoms with Crippen LogP contribution in [0.3, 0.4) is 0 Å². The number of rotatable bonds is 5. The van der Waals surface area contributed by atoms with Crippen LogP contribution in [0.25, 0.3) is 5.82 Å². The van der Waals surface area contributed by atoms with Crippen molar-refractivity contribution in [3.63, 3.8) is 0 Å². The second-order valence-electron chi connectivity index (χ2n) is 6.04. The summed E-state index contributed by atoms with van der Waals surface area (Å²) >= 11 is 0. The molecule has 0 saturated heterocycles. The van der Waals surface area contributed by atoms with Crippen molar-refractivity contribution < 1.29 is 4.79 Å². The molecular formula is C18H22N6O. The molecule has 0 atom stereocenters. The van der Waals surface area contributed by atoms with Crippen LogP contribution < -0.4 is 5.32 Å². The average Bonchev–Trinajstić information content (AvgIpc) is 3.10. The summed E-state index contributed by atoms with van der Waals surface area (Å²) in [5.74, 6) is 1.44. The van der Waals surface area contributed by atoms with Crippen molar-refractivity contribution >= 4 is 11.6 Å². The van der Waals surface area contributed by atoms with Crippen molar-refractivity contribution in [1.29, 1.82) is 0 Å². The highest BCUT2D eigenvalue weighted by Gasteiger charge is 2.14. The van der Waals surface area contributed by atoms with Crippen molar-refractivity contribution in [1.82, 2.24) is 24.3 Å². The average molecular weight is 338 g/mol. The van der Waals surface area contributed by atoms with E-state index in [4.69, 9.17) is 0 Å². The van der Waals surface area contributed by atoms with Crippen LogP contribution in [0.1, 0.15) is 29.2 Å². The van der Waals surface area contributed by atoms with Crippen molar-refractivity contribution in [2.24, 2.45) is 7.05 Å². The van der Waals surface area contributed by atoms with Gasteiger partial charge in [0.15, 0.2) is 5.82 Å². The summed E-state index contributed by atoms with van der Waals surface area (Å²) in [6.07, 6.45) is 6.30. The first-order valence-electron chi connectivity index (χ1n) is 8.21. The second kappa shape index (κ2) is 6.88. The standard InChI is InChI=1S/C18H22N6O/c1-12-15(13(2)23(4)22-12)7-8-17(25)21-16-6-5-9-20-18(16)24-11-10-19-14(24)3/h5-6,9-11H,7-8H2,1-4H3,(H,21,25). The van der Waals surface area contributed by atoms with Crippen LogP contribution in [0, 0.1) is 20.8 Å². The largest absolute Gasteiger partial charge is 0.323 e. The summed E-state index contributed by atoms with van der Waals surface area (Å²) < 4.78 is 3.70. The maximum absolute atomic E-state index is 12.4. The Bertz CT molecular complexity index is 908. The molecule has 7 nitrogen and oxygen atoms in total. The molecule has 3 heterocycles. The Morgan fingerprint density at radius 3 is 2.64 bits per heavy atom. The van der Waals surface area contributed by atoms with Crippen molar-refractivity contribution in [3.8, 4) is 5.82 Å². The maximum Gasteiger partial charge on any atom is 0.224 e. The molecular weight excluding hydrogens is 316 g/mol. The Kier molecular flexibility index (Phi) is 4.65. The molecule has 0 saturated carbocycles.